The van der Waals surface area contributed by atoms with Gasteiger partial charge in [0.05, 0.1) is 6.61 Å². The molecule has 67 valence electrons. The maximum absolute atomic E-state index is 5.24. The maximum Gasteiger partial charge on any atom is 0.0836 e. The van der Waals surface area contributed by atoms with Gasteiger partial charge < -0.3 is 4.74 Å². The van der Waals surface area contributed by atoms with Gasteiger partial charge in [0.1, 0.15) is 0 Å². The number of hydrogen-bond acceptors (Lipinski definition) is 1. The average molecular weight is 157 g/mol. The monoisotopic (exact) mass is 157 g/mol. The fraction of sp³-hybridized carbons (Fsp3) is 0.900. The molecule has 0 fully saturated rings. The molecule has 0 spiro atoms. The summed E-state index contributed by atoms with van der Waals surface area (Å²) in [7, 11) is 0. The van der Waals surface area contributed by atoms with Crippen LogP contribution in [0.3, 0.4) is 0 Å². The summed E-state index contributed by atoms with van der Waals surface area (Å²) in [5.74, 6) is 0. The molecule has 0 unspecified atom stereocenters. The second-order valence-corrected chi connectivity index (χ2v) is 2.89. The SMILES string of the molecule is CCCCCC[CH]OCCC. The van der Waals surface area contributed by atoms with E-state index in [1.165, 1.54) is 25.7 Å². The minimum atomic E-state index is 0.883. The van der Waals surface area contributed by atoms with Gasteiger partial charge in [0.15, 0.2) is 0 Å². The Labute approximate surface area is 71.1 Å². The first-order valence-electron chi connectivity index (χ1n) is 4.85. The highest BCUT2D eigenvalue weighted by Gasteiger charge is 1.89. The lowest BCUT2D eigenvalue weighted by Crippen LogP contribution is -1.89. The molecule has 0 saturated carbocycles. The minimum absolute atomic E-state index is 0.883. The molecule has 0 rings (SSSR count). The van der Waals surface area contributed by atoms with Crippen LogP contribution in [0.15, 0.2) is 0 Å². The lowest BCUT2D eigenvalue weighted by Gasteiger charge is -2.00. The van der Waals surface area contributed by atoms with Crippen molar-refractivity contribution >= 4 is 0 Å². The Morgan fingerprint density at radius 1 is 1.00 bits per heavy atom. The zero-order valence-electron chi connectivity index (χ0n) is 7.94. The molecule has 0 aliphatic rings. The molecule has 0 aliphatic heterocycles. The Morgan fingerprint density at radius 3 is 2.45 bits per heavy atom. The Morgan fingerprint density at radius 2 is 1.82 bits per heavy atom. The van der Waals surface area contributed by atoms with Crippen LogP contribution in [0.5, 0.6) is 0 Å². The standard InChI is InChI=1S/C10H21O/c1-3-5-6-7-8-10-11-9-4-2/h10H,3-9H2,1-2H3. The second-order valence-electron chi connectivity index (χ2n) is 2.89. The second kappa shape index (κ2) is 9.96. The molecule has 0 aromatic rings. The molecule has 1 heteroatoms. The van der Waals surface area contributed by atoms with Crippen LogP contribution >= 0.6 is 0 Å². The van der Waals surface area contributed by atoms with Crippen LogP contribution in [-0.2, 0) is 4.74 Å². The third kappa shape index (κ3) is 9.96. The van der Waals surface area contributed by atoms with Gasteiger partial charge in [-0.25, -0.2) is 0 Å². The molecule has 0 heterocycles. The van der Waals surface area contributed by atoms with Crippen LogP contribution in [-0.4, -0.2) is 6.61 Å². The number of unbranched alkanes of at least 4 members (excludes halogenated alkanes) is 4. The molecule has 0 amide bonds. The molecule has 0 aromatic carbocycles. The summed E-state index contributed by atoms with van der Waals surface area (Å²) < 4.78 is 5.24. The van der Waals surface area contributed by atoms with E-state index in [-0.39, 0.29) is 0 Å². The summed E-state index contributed by atoms with van der Waals surface area (Å²) in [5, 5.41) is 0. The smallest absolute Gasteiger partial charge is 0.0836 e. The van der Waals surface area contributed by atoms with Gasteiger partial charge in [0.25, 0.3) is 0 Å². The summed E-state index contributed by atoms with van der Waals surface area (Å²) in [6.45, 7) is 7.20. The van der Waals surface area contributed by atoms with Crippen molar-refractivity contribution < 1.29 is 4.74 Å². The van der Waals surface area contributed by atoms with Crippen LogP contribution in [0, 0.1) is 6.61 Å². The third-order valence-corrected chi connectivity index (χ3v) is 1.62. The molecule has 0 atom stereocenters. The largest absolute Gasteiger partial charge is 0.376 e. The number of ether oxygens (including phenoxy) is 1. The zero-order valence-corrected chi connectivity index (χ0v) is 7.94. The van der Waals surface area contributed by atoms with Crippen molar-refractivity contribution in [2.45, 2.75) is 52.4 Å². The minimum Gasteiger partial charge on any atom is -0.376 e. The predicted molar refractivity (Wildman–Crippen MR) is 49.3 cm³/mol. The summed E-state index contributed by atoms with van der Waals surface area (Å²) in [5.41, 5.74) is 0. The molecule has 1 nitrogen and oxygen atoms in total. The molecule has 0 bridgehead atoms. The highest BCUT2D eigenvalue weighted by molar-refractivity contribution is 4.51. The molecule has 0 aromatic heterocycles. The van der Waals surface area contributed by atoms with Crippen molar-refractivity contribution in [3.8, 4) is 0 Å². The van der Waals surface area contributed by atoms with E-state index in [1.807, 2.05) is 6.61 Å². The highest BCUT2D eigenvalue weighted by Crippen LogP contribution is 2.04. The first-order chi connectivity index (χ1) is 5.41. The third-order valence-electron chi connectivity index (χ3n) is 1.62. The average Bonchev–Trinajstić information content (AvgIpc) is 2.03. The summed E-state index contributed by atoms with van der Waals surface area (Å²) in [4.78, 5) is 0. The van der Waals surface area contributed by atoms with E-state index in [2.05, 4.69) is 13.8 Å². The fourth-order valence-corrected chi connectivity index (χ4v) is 0.939. The zero-order chi connectivity index (χ0) is 8.36. The molecule has 0 aliphatic carbocycles. The van der Waals surface area contributed by atoms with Crippen molar-refractivity contribution in [1.82, 2.24) is 0 Å². The van der Waals surface area contributed by atoms with Gasteiger partial charge in [-0.2, -0.15) is 0 Å². The van der Waals surface area contributed by atoms with Gasteiger partial charge in [-0.15, -0.1) is 0 Å². The van der Waals surface area contributed by atoms with Crippen molar-refractivity contribution in [2.24, 2.45) is 0 Å². The van der Waals surface area contributed by atoms with E-state index in [4.69, 9.17) is 4.74 Å². The van der Waals surface area contributed by atoms with E-state index in [0.29, 0.717) is 0 Å². The van der Waals surface area contributed by atoms with E-state index in [1.54, 1.807) is 0 Å². The highest BCUT2D eigenvalue weighted by atomic mass is 16.5. The maximum atomic E-state index is 5.24. The van der Waals surface area contributed by atoms with Crippen LogP contribution in [0.4, 0.5) is 0 Å². The van der Waals surface area contributed by atoms with E-state index in [9.17, 15) is 0 Å². The van der Waals surface area contributed by atoms with Crippen molar-refractivity contribution in [3.05, 3.63) is 6.61 Å². The first kappa shape index (κ1) is 11.0. The van der Waals surface area contributed by atoms with Gasteiger partial charge >= 0.3 is 0 Å². The quantitative estimate of drug-likeness (QED) is 0.490. The molecule has 1 radical (unpaired) electrons. The van der Waals surface area contributed by atoms with Crippen molar-refractivity contribution in [1.29, 1.82) is 0 Å². The van der Waals surface area contributed by atoms with E-state index < -0.39 is 0 Å². The van der Waals surface area contributed by atoms with E-state index in [0.717, 1.165) is 19.4 Å². The summed E-state index contributed by atoms with van der Waals surface area (Å²) in [6.07, 6.45) is 7.56. The van der Waals surface area contributed by atoms with Gasteiger partial charge in [0, 0.05) is 6.61 Å². The Bertz CT molecular complexity index is 53.9. The molecular formula is C10H21O. The van der Waals surface area contributed by atoms with Crippen molar-refractivity contribution in [2.75, 3.05) is 6.61 Å². The number of hydrogen-bond donors (Lipinski definition) is 0. The van der Waals surface area contributed by atoms with Gasteiger partial charge in [0.2, 0.25) is 0 Å². The Balaban J connectivity index is 2.69. The van der Waals surface area contributed by atoms with Crippen LogP contribution < -0.4 is 0 Å². The van der Waals surface area contributed by atoms with Gasteiger partial charge in [-0.1, -0.05) is 39.5 Å². The Hall–Kier alpha value is -0.0400. The molecular weight excluding hydrogens is 136 g/mol. The Kier molecular flexibility index (Phi) is 9.92. The van der Waals surface area contributed by atoms with Crippen LogP contribution in [0.1, 0.15) is 52.4 Å². The molecule has 0 N–H and O–H groups in total. The van der Waals surface area contributed by atoms with Gasteiger partial charge in [-0.3, -0.25) is 0 Å². The topological polar surface area (TPSA) is 9.23 Å². The number of rotatable bonds is 8. The normalized spacial score (nSPS) is 10.4. The lowest BCUT2D eigenvalue weighted by molar-refractivity contribution is 0.190. The van der Waals surface area contributed by atoms with Crippen molar-refractivity contribution in [3.63, 3.8) is 0 Å². The first-order valence-corrected chi connectivity index (χ1v) is 4.85. The van der Waals surface area contributed by atoms with Gasteiger partial charge in [-0.05, 0) is 12.8 Å². The summed E-state index contributed by atoms with van der Waals surface area (Å²) in [6, 6.07) is 0. The predicted octanol–water partition coefficient (Wildman–Crippen LogP) is 3.55. The molecule has 11 heavy (non-hydrogen) atoms. The van der Waals surface area contributed by atoms with E-state index >= 15 is 0 Å². The van der Waals surface area contributed by atoms with Crippen LogP contribution in [0.25, 0.3) is 0 Å². The van der Waals surface area contributed by atoms with Crippen LogP contribution in [0.2, 0.25) is 0 Å². The lowest BCUT2D eigenvalue weighted by atomic mass is 10.2. The summed E-state index contributed by atoms with van der Waals surface area (Å²) >= 11 is 0. The molecule has 0 saturated heterocycles. The fourth-order valence-electron chi connectivity index (χ4n) is 0.939.